The summed E-state index contributed by atoms with van der Waals surface area (Å²) in [4.78, 5) is 28.4. The number of hydrogen-bond donors (Lipinski definition) is 1. The molecule has 0 saturated carbocycles. The first-order chi connectivity index (χ1) is 14.6. The van der Waals surface area contributed by atoms with Crippen molar-refractivity contribution in [2.75, 3.05) is 30.0 Å². The van der Waals surface area contributed by atoms with Gasteiger partial charge >= 0.3 is 0 Å². The lowest BCUT2D eigenvalue weighted by molar-refractivity contribution is -0.122. The van der Waals surface area contributed by atoms with Crippen LogP contribution in [-0.4, -0.2) is 31.6 Å². The van der Waals surface area contributed by atoms with Gasteiger partial charge < -0.3 is 19.7 Å². The number of ether oxygens (including phenoxy) is 2. The Bertz CT molecular complexity index is 1070. The number of anilines is 2. The Morgan fingerprint density at radius 2 is 2.00 bits per heavy atom. The lowest BCUT2D eigenvalue weighted by Gasteiger charge is -2.22. The highest BCUT2D eigenvalue weighted by molar-refractivity contribution is 7.16. The molecule has 1 fully saturated rings. The number of nitrogens with zero attached hydrogens (tertiary/aromatic N) is 2. The molecule has 30 heavy (non-hydrogen) atoms. The highest BCUT2D eigenvalue weighted by Crippen LogP contribution is 2.39. The van der Waals surface area contributed by atoms with Crippen LogP contribution in [-0.2, 0) is 22.4 Å². The first-order valence-electron chi connectivity index (χ1n) is 10.2. The highest BCUT2D eigenvalue weighted by Gasteiger charge is 2.36. The molecule has 1 aliphatic carbocycles. The number of rotatable bonds is 3. The molecular formula is C22H21N3O4S. The average Bonchev–Trinajstić information content (AvgIpc) is 3.33. The fourth-order valence-electron chi connectivity index (χ4n) is 4.32. The Labute approximate surface area is 178 Å². The predicted octanol–water partition coefficient (Wildman–Crippen LogP) is 3.26. The number of nitriles is 1. The smallest absolute Gasteiger partial charge is 0.230 e. The number of benzene rings is 1. The van der Waals surface area contributed by atoms with Crippen LogP contribution in [0.4, 0.5) is 10.7 Å². The number of thiophene rings is 1. The summed E-state index contributed by atoms with van der Waals surface area (Å²) in [7, 11) is 0. The van der Waals surface area contributed by atoms with Crippen LogP contribution in [0.15, 0.2) is 18.2 Å². The largest absolute Gasteiger partial charge is 0.486 e. The topological polar surface area (TPSA) is 91.7 Å². The summed E-state index contributed by atoms with van der Waals surface area (Å²) in [6, 6.07) is 7.65. The summed E-state index contributed by atoms with van der Waals surface area (Å²) in [5.74, 6) is 0.506. The van der Waals surface area contributed by atoms with Gasteiger partial charge in [0.15, 0.2) is 11.5 Å². The molecule has 8 heteroatoms. The van der Waals surface area contributed by atoms with E-state index in [0.29, 0.717) is 47.5 Å². The van der Waals surface area contributed by atoms with E-state index in [2.05, 4.69) is 11.4 Å². The van der Waals surface area contributed by atoms with E-state index in [0.717, 1.165) is 31.2 Å². The fraction of sp³-hybridized carbons (Fsp3) is 0.409. The van der Waals surface area contributed by atoms with E-state index in [-0.39, 0.29) is 18.2 Å². The normalized spacial score (nSPS) is 19.9. The Hall–Kier alpha value is -3.05. The van der Waals surface area contributed by atoms with E-state index in [1.165, 1.54) is 16.2 Å². The van der Waals surface area contributed by atoms with Crippen molar-refractivity contribution in [1.82, 2.24) is 0 Å². The minimum Gasteiger partial charge on any atom is -0.486 e. The van der Waals surface area contributed by atoms with Crippen LogP contribution in [0.5, 0.6) is 11.5 Å². The maximum Gasteiger partial charge on any atom is 0.230 e. The van der Waals surface area contributed by atoms with Crippen LogP contribution in [0.3, 0.4) is 0 Å². The van der Waals surface area contributed by atoms with E-state index in [4.69, 9.17) is 9.47 Å². The number of carbonyl (C=O) groups is 2. The van der Waals surface area contributed by atoms with Gasteiger partial charge in [-0.1, -0.05) is 0 Å². The molecule has 1 atom stereocenters. The van der Waals surface area contributed by atoms with E-state index >= 15 is 0 Å². The minimum absolute atomic E-state index is 0.0993. The van der Waals surface area contributed by atoms with Crippen molar-refractivity contribution >= 4 is 33.8 Å². The number of amides is 2. The maximum absolute atomic E-state index is 12.9. The first-order valence-corrected chi connectivity index (χ1v) is 11.0. The lowest BCUT2D eigenvalue weighted by Crippen LogP contribution is -2.28. The zero-order valence-corrected chi connectivity index (χ0v) is 17.2. The second kappa shape index (κ2) is 7.65. The van der Waals surface area contributed by atoms with Gasteiger partial charge in [-0.2, -0.15) is 5.26 Å². The van der Waals surface area contributed by atoms with Gasteiger partial charge in [0.1, 0.15) is 24.3 Å². The monoisotopic (exact) mass is 423 g/mol. The zero-order valence-electron chi connectivity index (χ0n) is 16.4. The molecule has 154 valence electrons. The summed E-state index contributed by atoms with van der Waals surface area (Å²) in [5.41, 5.74) is 2.38. The zero-order chi connectivity index (χ0) is 20.7. The van der Waals surface area contributed by atoms with Crippen LogP contribution in [0.25, 0.3) is 0 Å². The van der Waals surface area contributed by atoms with Crippen molar-refractivity contribution in [3.05, 3.63) is 34.2 Å². The first kappa shape index (κ1) is 18.9. The number of fused-ring (bicyclic) bond motifs is 2. The molecule has 3 heterocycles. The molecular weight excluding hydrogens is 402 g/mol. The second-order valence-corrected chi connectivity index (χ2v) is 8.85. The van der Waals surface area contributed by atoms with Crippen LogP contribution in [0.1, 0.15) is 35.3 Å². The number of nitrogens with one attached hydrogen (secondary N) is 1. The molecule has 7 nitrogen and oxygen atoms in total. The Kier molecular flexibility index (Phi) is 4.83. The molecule has 1 aromatic heterocycles. The van der Waals surface area contributed by atoms with Gasteiger partial charge in [-0.05, 0) is 43.4 Å². The summed E-state index contributed by atoms with van der Waals surface area (Å²) >= 11 is 1.50. The molecule has 2 aromatic rings. The Balaban J connectivity index is 1.32. The summed E-state index contributed by atoms with van der Waals surface area (Å²) < 4.78 is 11.1. The van der Waals surface area contributed by atoms with Gasteiger partial charge in [0.25, 0.3) is 0 Å². The van der Waals surface area contributed by atoms with Crippen molar-refractivity contribution in [3.63, 3.8) is 0 Å². The van der Waals surface area contributed by atoms with Gasteiger partial charge in [-0.15, -0.1) is 11.3 Å². The van der Waals surface area contributed by atoms with Gasteiger partial charge in [0.2, 0.25) is 11.8 Å². The average molecular weight is 423 g/mol. The molecule has 1 saturated heterocycles. The Morgan fingerprint density at radius 3 is 2.83 bits per heavy atom. The van der Waals surface area contributed by atoms with Gasteiger partial charge in [0, 0.05) is 29.6 Å². The summed E-state index contributed by atoms with van der Waals surface area (Å²) in [6.07, 6.45) is 4.20. The minimum atomic E-state index is -0.462. The predicted molar refractivity (Wildman–Crippen MR) is 112 cm³/mol. The highest BCUT2D eigenvalue weighted by atomic mass is 32.1. The molecule has 0 bridgehead atoms. The molecule has 0 spiro atoms. The third-order valence-corrected chi connectivity index (χ3v) is 7.06. The number of hydrogen-bond acceptors (Lipinski definition) is 6. The Morgan fingerprint density at radius 1 is 1.20 bits per heavy atom. The number of carbonyl (C=O) groups excluding carboxylic acids is 2. The maximum atomic E-state index is 12.9. The van der Waals surface area contributed by atoms with Crippen LogP contribution >= 0.6 is 11.3 Å². The fourth-order valence-corrected chi connectivity index (χ4v) is 5.56. The van der Waals surface area contributed by atoms with Crippen LogP contribution in [0.2, 0.25) is 0 Å². The molecule has 1 aromatic carbocycles. The molecule has 2 aliphatic heterocycles. The van der Waals surface area contributed by atoms with Gasteiger partial charge in [0.05, 0.1) is 11.5 Å². The van der Waals surface area contributed by atoms with E-state index in [1.54, 1.807) is 17.0 Å². The van der Waals surface area contributed by atoms with Crippen LogP contribution in [0, 0.1) is 17.2 Å². The SMILES string of the molecule is N#Cc1c(NC(=O)C2CC(=O)N(c3ccc4c(c3)OCCO4)C2)sc2c1CCCC2. The molecule has 1 N–H and O–H groups in total. The second-order valence-electron chi connectivity index (χ2n) is 7.75. The molecule has 1 unspecified atom stereocenters. The molecule has 0 radical (unpaired) electrons. The third-order valence-electron chi connectivity index (χ3n) is 5.85. The van der Waals surface area contributed by atoms with Crippen LogP contribution < -0.4 is 19.7 Å². The van der Waals surface area contributed by atoms with Crippen molar-refractivity contribution in [3.8, 4) is 17.6 Å². The van der Waals surface area contributed by atoms with Gasteiger partial charge in [-0.3, -0.25) is 9.59 Å². The van der Waals surface area contributed by atoms with E-state index in [1.807, 2.05) is 6.07 Å². The molecule has 3 aliphatic rings. The van der Waals surface area contributed by atoms with Crippen molar-refractivity contribution in [2.45, 2.75) is 32.1 Å². The molecule has 2 amide bonds. The van der Waals surface area contributed by atoms with Gasteiger partial charge in [-0.25, -0.2) is 0 Å². The standard InChI is InChI=1S/C22H21N3O4S/c23-11-16-15-3-1-2-4-19(15)30-22(16)24-21(27)13-9-20(26)25(12-13)14-5-6-17-18(10-14)29-8-7-28-17/h5-6,10,13H,1-4,7-9,12H2,(H,24,27). The van der Waals surface area contributed by atoms with Crippen molar-refractivity contribution in [1.29, 1.82) is 5.26 Å². The summed E-state index contributed by atoms with van der Waals surface area (Å²) in [5, 5.41) is 13.2. The van der Waals surface area contributed by atoms with Crippen molar-refractivity contribution < 1.29 is 19.1 Å². The van der Waals surface area contributed by atoms with E-state index in [9.17, 15) is 14.9 Å². The molecule has 5 rings (SSSR count). The summed E-state index contributed by atoms with van der Waals surface area (Å²) in [6.45, 7) is 1.28. The number of aryl methyl sites for hydroxylation is 1. The quantitative estimate of drug-likeness (QED) is 0.818. The van der Waals surface area contributed by atoms with E-state index < -0.39 is 5.92 Å². The third kappa shape index (κ3) is 3.29. The van der Waals surface area contributed by atoms with Crippen molar-refractivity contribution in [2.24, 2.45) is 5.92 Å². The lowest BCUT2D eigenvalue weighted by atomic mass is 9.96.